The lowest BCUT2D eigenvalue weighted by Gasteiger charge is -2.38. The Morgan fingerprint density at radius 1 is 1.32 bits per heavy atom. The molecule has 2 aromatic rings. The minimum absolute atomic E-state index is 0.514. The fourth-order valence-electron chi connectivity index (χ4n) is 5.54. The number of aromatic nitrogens is 1. The van der Waals surface area contributed by atoms with E-state index in [9.17, 15) is 0 Å². The van der Waals surface area contributed by atoms with Gasteiger partial charge in [0.25, 0.3) is 0 Å². The molecule has 0 bridgehead atoms. The van der Waals surface area contributed by atoms with Gasteiger partial charge in [0.2, 0.25) is 0 Å². The molecule has 1 aromatic carbocycles. The van der Waals surface area contributed by atoms with Crippen molar-refractivity contribution < 1.29 is 0 Å². The molecule has 2 aliphatic rings. The summed E-state index contributed by atoms with van der Waals surface area (Å²) < 4.78 is 0. The number of aryl methyl sites for hydroxylation is 1. The number of fused-ring (bicyclic) bond motifs is 1. The minimum atomic E-state index is 0.514. The molecule has 1 aromatic heterocycles. The van der Waals surface area contributed by atoms with Gasteiger partial charge in [-0.3, -0.25) is 4.90 Å². The summed E-state index contributed by atoms with van der Waals surface area (Å²) in [5.74, 6) is 1.86. The van der Waals surface area contributed by atoms with Crippen LogP contribution < -0.4 is 5.32 Å². The lowest BCUT2D eigenvalue weighted by atomic mass is 9.80. The quantitative estimate of drug-likeness (QED) is 0.505. The van der Waals surface area contributed by atoms with Crippen LogP contribution in [-0.4, -0.2) is 35.7 Å². The SMILES string of the molecule is C=C1CCc2c1ccc(C1CC(CC)CN(C/C(C=N)=C/Nc3cc(C)c(C#N)cn3)C1)c2C. The number of rotatable bonds is 7. The number of nitrogens with one attached hydrogen (secondary N) is 2. The van der Waals surface area contributed by atoms with Crippen molar-refractivity contribution in [2.24, 2.45) is 5.92 Å². The number of allylic oxidation sites excluding steroid dienone is 1. The normalized spacial score (nSPS) is 20.6. The lowest BCUT2D eigenvalue weighted by Crippen LogP contribution is -2.40. The molecule has 176 valence electrons. The predicted octanol–water partition coefficient (Wildman–Crippen LogP) is 5.99. The van der Waals surface area contributed by atoms with Gasteiger partial charge in [0.1, 0.15) is 11.9 Å². The number of nitriles is 1. The van der Waals surface area contributed by atoms with Crippen LogP contribution in [-0.2, 0) is 6.42 Å². The van der Waals surface area contributed by atoms with Crippen molar-refractivity contribution in [2.75, 3.05) is 25.0 Å². The highest BCUT2D eigenvalue weighted by molar-refractivity contribution is 5.77. The monoisotopic (exact) mass is 453 g/mol. The standard InChI is InChI=1S/C29H35N5/c1-5-22-11-24(27-9-8-26-19(2)6-7-28(26)21(27)4)18-34(16-22)17-23(12-30)14-32-29-10-20(3)25(13-31)15-33-29/h8-10,12,14-15,22,24,30H,2,5-7,11,16-18H2,1,3-4H3,(H,32,33)/b23-14+,30-12?. The highest BCUT2D eigenvalue weighted by Gasteiger charge is 2.30. The highest BCUT2D eigenvalue weighted by Crippen LogP contribution is 2.39. The minimum Gasteiger partial charge on any atom is -0.346 e. The summed E-state index contributed by atoms with van der Waals surface area (Å²) >= 11 is 0. The fraction of sp³-hybridized carbons (Fsp3) is 0.414. The van der Waals surface area contributed by atoms with Crippen LogP contribution in [0.2, 0.25) is 0 Å². The van der Waals surface area contributed by atoms with Gasteiger partial charge in [-0.15, -0.1) is 0 Å². The molecule has 1 aliphatic heterocycles. The average molecular weight is 454 g/mol. The van der Waals surface area contributed by atoms with Crippen LogP contribution >= 0.6 is 0 Å². The maximum Gasteiger partial charge on any atom is 0.130 e. The molecule has 34 heavy (non-hydrogen) atoms. The summed E-state index contributed by atoms with van der Waals surface area (Å²) in [5.41, 5.74) is 9.50. The van der Waals surface area contributed by atoms with E-state index in [1.54, 1.807) is 6.20 Å². The predicted molar refractivity (Wildman–Crippen MR) is 140 cm³/mol. The first-order chi connectivity index (χ1) is 16.4. The van der Waals surface area contributed by atoms with Gasteiger partial charge in [-0.2, -0.15) is 5.26 Å². The second-order valence-corrected chi connectivity index (χ2v) is 9.81. The van der Waals surface area contributed by atoms with Gasteiger partial charge in [-0.05, 0) is 90.0 Å². The first-order valence-corrected chi connectivity index (χ1v) is 12.3. The molecule has 0 radical (unpaired) electrons. The van der Waals surface area contributed by atoms with Gasteiger partial charge < -0.3 is 10.7 Å². The van der Waals surface area contributed by atoms with Crippen LogP contribution in [0.5, 0.6) is 0 Å². The number of piperidine rings is 1. The van der Waals surface area contributed by atoms with E-state index in [4.69, 9.17) is 10.7 Å². The Morgan fingerprint density at radius 3 is 2.85 bits per heavy atom. The molecular weight excluding hydrogens is 418 g/mol. The molecule has 1 aliphatic carbocycles. The summed E-state index contributed by atoms with van der Waals surface area (Å²) in [6, 6.07) is 8.66. The fourth-order valence-corrected chi connectivity index (χ4v) is 5.54. The van der Waals surface area contributed by atoms with E-state index in [1.165, 1.54) is 46.9 Å². The third-order valence-corrected chi connectivity index (χ3v) is 7.56. The van der Waals surface area contributed by atoms with Crippen molar-refractivity contribution in [2.45, 2.75) is 52.4 Å². The Balaban J connectivity index is 1.49. The number of anilines is 1. The number of nitrogens with zero attached hydrogens (tertiary/aromatic N) is 3. The van der Waals surface area contributed by atoms with Crippen molar-refractivity contribution >= 4 is 17.6 Å². The summed E-state index contributed by atoms with van der Waals surface area (Å²) in [6.45, 7) is 13.6. The molecule has 1 saturated heterocycles. The van der Waals surface area contributed by atoms with Gasteiger partial charge >= 0.3 is 0 Å². The number of pyridine rings is 1. The zero-order valence-electron chi connectivity index (χ0n) is 20.6. The van der Waals surface area contributed by atoms with Gasteiger partial charge in [0.15, 0.2) is 0 Å². The molecule has 0 spiro atoms. The van der Waals surface area contributed by atoms with Crippen LogP contribution in [0.25, 0.3) is 5.57 Å². The van der Waals surface area contributed by atoms with E-state index in [1.807, 2.05) is 19.2 Å². The summed E-state index contributed by atoms with van der Waals surface area (Å²) in [6.07, 6.45) is 9.50. The maximum atomic E-state index is 9.11. The number of hydrogen-bond donors (Lipinski definition) is 2. The van der Waals surface area contributed by atoms with Crippen LogP contribution in [0.15, 0.2) is 42.7 Å². The van der Waals surface area contributed by atoms with E-state index in [0.717, 1.165) is 43.6 Å². The first-order valence-electron chi connectivity index (χ1n) is 12.3. The summed E-state index contributed by atoms with van der Waals surface area (Å²) in [4.78, 5) is 6.81. The van der Waals surface area contributed by atoms with E-state index >= 15 is 0 Å². The molecule has 0 amide bonds. The molecular formula is C29H35N5. The Hall–Kier alpha value is -3.23. The van der Waals surface area contributed by atoms with Crippen LogP contribution in [0.1, 0.15) is 65.5 Å². The third kappa shape index (κ3) is 4.98. The van der Waals surface area contributed by atoms with Crippen molar-refractivity contribution in [1.29, 1.82) is 10.7 Å². The first kappa shape index (κ1) is 23.9. The largest absolute Gasteiger partial charge is 0.346 e. The molecule has 0 saturated carbocycles. The molecule has 2 atom stereocenters. The van der Waals surface area contributed by atoms with Crippen molar-refractivity contribution in [3.05, 3.63) is 76.1 Å². The van der Waals surface area contributed by atoms with Crippen molar-refractivity contribution in [1.82, 2.24) is 9.88 Å². The summed E-state index contributed by atoms with van der Waals surface area (Å²) in [7, 11) is 0. The zero-order valence-corrected chi connectivity index (χ0v) is 20.6. The second-order valence-electron chi connectivity index (χ2n) is 9.81. The van der Waals surface area contributed by atoms with Crippen molar-refractivity contribution in [3.8, 4) is 6.07 Å². The smallest absolute Gasteiger partial charge is 0.130 e. The maximum absolute atomic E-state index is 9.11. The van der Waals surface area contributed by atoms with Gasteiger partial charge in [0, 0.05) is 38.2 Å². The van der Waals surface area contributed by atoms with Gasteiger partial charge in [-0.1, -0.05) is 32.1 Å². The molecule has 1 fully saturated rings. The van der Waals surface area contributed by atoms with Gasteiger partial charge in [-0.25, -0.2) is 4.98 Å². The molecule has 2 unspecified atom stereocenters. The number of hydrogen-bond acceptors (Lipinski definition) is 5. The molecule has 4 rings (SSSR count). The lowest BCUT2D eigenvalue weighted by molar-refractivity contribution is 0.165. The highest BCUT2D eigenvalue weighted by atomic mass is 15.1. The van der Waals surface area contributed by atoms with Crippen LogP contribution in [0.3, 0.4) is 0 Å². The Bertz CT molecular complexity index is 1170. The van der Waals surface area contributed by atoms with E-state index < -0.39 is 0 Å². The molecule has 2 heterocycles. The number of benzene rings is 1. The second kappa shape index (κ2) is 10.4. The molecule has 2 N–H and O–H groups in total. The Kier molecular flexibility index (Phi) is 7.29. The van der Waals surface area contributed by atoms with E-state index in [0.29, 0.717) is 23.2 Å². The van der Waals surface area contributed by atoms with Gasteiger partial charge in [0.05, 0.1) is 5.56 Å². The Morgan fingerprint density at radius 2 is 2.15 bits per heavy atom. The van der Waals surface area contributed by atoms with E-state index in [-0.39, 0.29) is 0 Å². The summed E-state index contributed by atoms with van der Waals surface area (Å²) in [5, 5.41) is 20.3. The van der Waals surface area contributed by atoms with E-state index in [2.05, 4.69) is 53.8 Å². The molecule has 5 heteroatoms. The van der Waals surface area contributed by atoms with Crippen molar-refractivity contribution in [3.63, 3.8) is 0 Å². The number of likely N-dealkylation sites (tertiary alicyclic amines) is 1. The van der Waals surface area contributed by atoms with Crippen LogP contribution in [0.4, 0.5) is 5.82 Å². The Labute approximate surface area is 203 Å². The average Bonchev–Trinajstić information content (AvgIpc) is 3.23. The topological polar surface area (TPSA) is 75.8 Å². The molecule has 5 nitrogen and oxygen atoms in total. The third-order valence-electron chi connectivity index (χ3n) is 7.56. The zero-order chi connectivity index (χ0) is 24.2. The van der Waals surface area contributed by atoms with Crippen LogP contribution in [0, 0.1) is 36.5 Å².